The lowest BCUT2D eigenvalue weighted by atomic mass is 10.2. The van der Waals surface area contributed by atoms with Gasteiger partial charge in [0, 0.05) is 25.7 Å². The standard InChI is InChI=1S/C13H18N6O3/c1-3-18-12(4-6-14-18)10(2)16-13(20)5-7-17-9-11(8-15-17)19(21)22/h4,6,8-10H,3,5,7H2,1-2H3,(H,16,20). The lowest BCUT2D eigenvalue weighted by molar-refractivity contribution is -0.385. The second-order valence-corrected chi connectivity index (χ2v) is 4.83. The lowest BCUT2D eigenvalue weighted by Crippen LogP contribution is -2.29. The first-order chi connectivity index (χ1) is 10.5. The van der Waals surface area contributed by atoms with Crippen LogP contribution in [0.2, 0.25) is 0 Å². The van der Waals surface area contributed by atoms with Gasteiger partial charge in [-0.05, 0) is 19.9 Å². The number of nitrogens with one attached hydrogen (secondary N) is 1. The van der Waals surface area contributed by atoms with Crippen LogP contribution in [0.15, 0.2) is 24.7 Å². The Labute approximate surface area is 127 Å². The van der Waals surface area contributed by atoms with Gasteiger partial charge in [-0.3, -0.25) is 24.3 Å². The van der Waals surface area contributed by atoms with Gasteiger partial charge in [0.25, 0.3) is 0 Å². The fourth-order valence-electron chi connectivity index (χ4n) is 2.15. The van der Waals surface area contributed by atoms with Crippen molar-refractivity contribution in [2.75, 3.05) is 0 Å². The summed E-state index contributed by atoms with van der Waals surface area (Å²) in [6.45, 7) is 4.90. The second-order valence-electron chi connectivity index (χ2n) is 4.83. The summed E-state index contributed by atoms with van der Waals surface area (Å²) >= 11 is 0. The third kappa shape index (κ3) is 3.68. The van der Waals surface area contributed by atoms with E-state index in [0.717, 1.165) is 12.2 Å². The fourth-order valence-corrected chi connectivity index (χ4v) is 2.15. The minimum Gasteiger partial charge on any atom is -0.348 e. The molecule has 2 heterocycles. The minimum absolute atomic E-state index is 0.0828. The number of amides is 1. The number of aromatic nitrogens is 4. The Hall–Kier alpha value is -2.71. The van der Waals surface area contributed by atoms with Crippen molar-refractivity contribution in [1.29, 1.82) is 0 Å². The number of nitrogens with zero attached hydrogens (tertiary/aromatic N) is 5. The molecule has 0 bridgehead atoms. The van der Waals surface area contributed by atoms with Crippen molar-refractivity contribution < 1.29 is 9.72 Å². The van der Waals surface area contributed by atoms with E-state index in [1.165, 1.54) is 17.1 Å². The molecule has 0 saturated heterocycles. The Morgan fingerprint density at radius 1 is 1.50 bits per heavy atom. The molecule has 2 aromatic heterocycles. The summed E-state index contributed by atoms with van der Waals surface area (Å²) in [7, 11) is 0. The first kappa shape index (κ1) is 15.7. The number of carbonyl (C=O) groups is 1. The monoisotopic (exact) mass is 306 g/mol. The van der Waals surface area contributed by atoms with Crippen molar-refractivity contribution in [3.8, 4) is 0 Å². The van der Waals surface area contributed by atoms with Crippen LogP contribution in [0.5, 0.6) is 0 Å². The molecule has 9 nitrogen and oxygen atoms in total. The number of carbonyl (C=O) groups excluding carboxylic acids is 1. The third-order valence-electron chi connectivity index (χ3n) is 3.27. The highest BCUT2D eigenvalue weighted by atomic mass is 16.6. The molecule has 0 radical (unpaired) electrons. The van der Waals surface area contributed by atoms with Crippen LogP contribution in [0.25, 0.3) is 0 Å². The van der Waals surface area contributed by atoms with Gasteiger partial charge in [0.2, 0.25) is 5.91 Å². The first-order valence-electron chi connectivity index (χ1n) is 6.99. The topological polar surface area (TPSA) is 108 Å². The van der Waals surface area contributed by atoms with Gasteiger partial charge in [0.1, 0.15) is 12.4 Å². The molecule has 0 fully saturated rings. The van der Waals surface area contributed by atoms with E-state index in [-0.39, 0.29) is 24.1 Å². The number of hydrogen-bond donors (Lipinski definition) is 1. The number of nitro groups is 1. The third-order valence-corrected chi connectivity index (χ3v) is 3.27. The Bertz CT molecular complexity index is 662. The van der Waals surface area contributed by atoms with Crippen molar-refractivity contribution in [3.63, 3.8) is 0 Å². The average molecular weight is 306 g/mol. The van der Waals surface area contributed by atoms with Crippen molar-refractivity contribution in [2.45, 2.75) is 39.4 Å². The summed E-state index contributed by atoms with van der Waals surface area (Å²) in [6, 6.07) is 1.72. The molecule has 22 heavy (non-hydrogen) atoms. The molecule has 1 atom stereocenters. The van der Waals surface area contributed by atoms with Gasteiger partial charge in [-0.2, -0.15) is 10.2 Å². The van der Waals surface area contributed by atoms with Crippen LogP contribution in [-0.2, 0) is 17.9 Å². The predicted molar refractivity (Wildman–Crippen MR) is 78.0 cm³/mol. The molecule has 1 amide bonds. The Morgan fingerprint density at radius 3 is 2.91 bits per heavy atom. The zero-order valence-electron chi connectivity index (χ0n) is 12.5. The molecule has 9 heteroatoms. The van der Waals surface area contributed by atoms with E-state index in [1.54, 1.807) is 6.20 Å². The smallest absolute Gasteiger partial charge is 0.306 e. The van der Waals surface area contributed by atoms with Gasteiger partial charge in [-0.15, -0.1) is 0 Å². The number of aryl methyl sites for hydroxylation is 2. The van der Waals surface area contributed by atoms with Crippen molar-refractivity contribution in [1.82, 2.24) is 24.9 Å². The Morgan fingerprint density at radius 2 is 2.27 bits per heavy atom. The molecule has 0 aliphatic heterocycles. The van der Waals surface area contributed by atoms with E-state index in [0.29, 0.717) is 6.54 Å². The van der Waals surface area contributed by atoms with Crippen LogP contribution in [0.1, 0.15) is 32.0 Å². The molecule has 0 aliphatic carbocycles. The van der Waals surface area contributed by atoms with Crippen LogP contribution in [0, 0.1) is 10.1 Å². The fraction of sp³-hybridized carbons (Fsp3) is 0.462. The van der Waals surface area contributed by atoms with Crippen LogP contribution < -0.4 is 5.32 Å². The van der Waals surface area contributed by atoms with E-state index in [9.17, 15) is 14.9 Å². The van der Waals surface area contributed by atoms with Crippen molar-refractivity contribution in [3.05, 3.63) is 40.5 Å². The van der Waals surface area contributed by atoms with Crippen LogP contribution in [0.4, 0.5) is 5.69 Å². The van der Waals surface area contributed by atoms with Gasteiger partial charge < -0.3 is 5.32 Å². The van der Waals surface area contributed by atoms with Crippen LogP contribution in [0.3, 0.4) is 0 Å². The van der Waals surface area contributed by atoms with E-state index in [4.69, 9.17) is 0 Å². The SMILES string of the molecule is CCn1nccc1C(C)NC(=O)CCn1cc([N+](=O)[O-])cn1. The highest BCUT2D eigenvalue weighted by Gasteiger charge is 2.14. The maximum Gasteiger partial charge on any atom is 0.306 e. The molecular weight excluding hydrogens is 288 g/mol. The zero-order valence-corrected chi connectivity index (χ0v) is 12.5. The molecule has 1 unspecified atom stereocenters. The van der Waals surface area contributed by atoms with E-state index < -0.39 is 4.92 Å². The van der Waals surface area contributed by atoms with E-state index >= 15 is 0 Å². The highest BCUT2D eigenvalue weighted by molar-refractivity contribution is 5.76. The molecule has 1 N–H and O–H groups in total. The first-order valence-corrected chi connectivity index (χ1v) is 6.99. The summed E-state index contributed by atoms with van der Waals surface area (Å²) in [5.74, 6) is -0.144. The van der Waals surface area contributed by atoms with Gasteiger partial charge in [-0.1, -0.05) is 0 Å². The quantitative estimate of drug-likeness (QED) is 0.612. The summed E-state index contributed by atoms with van der Waals surface area (Å²) in [6.07, 6.45) is 4.37. The summed E-state index contributed by atoms with van der Waals surface area (Å²) in [4.78, 5) is 22.0. The van der Waals surface area contributed by atoms with Crippen molar-refractivity contribution in [2.24, 2.45) is 0 Å². The lowest BCUT2D eigenvalue weighted by Gasteiger charge is -2.15. The van der Waals surface area contributed by atoms with Gasteiger partial charge in [-0.25, -0.2) is 0 Å². The van der Waals surface area contributed by atoms with Crippen LogP contribution in [-0.4, -0.2) is 30.4 Å². The Kier molecular flexibility index (Phi) is 4.87. The zero-order chi connectivity index (χ0) is 16.1. The molecule has 2 rings (SSSR count). The average Bonchev–Trinajstić information content (AvgIpc) is 3.13. The molecule has 0 aliphatic rings. The highest BCUT2D eigenvalue weighted by Crippen LogP contribution is 2.12. The summed E-state index contributed by atoms with van der Waals surface area (Å²) < 4.78 is 3.21. The van der Waals surface area contributed by atoms with E-state index in [1.807, 2.05) is 24.6 Å². The largest absolute Gasteiger partial charge is 0.348 e. The minimum atomic E-state index is -0.516. The normalized spacial score (nSPS) is 12.1. The van der Waals surface area contributed by atoms with E-state index in [2.05, 4.69) is 15.5 Å². The number of rotatable bonds is 7. The summed E-state index contributed by atoms with van der Waals surface area (Å²) in [5, 5.41) is 21.4. The van der Waals surface area contributed by atoms with Gasteiger partial charge >= 0.3 is 5.69 Å². The number of hydrogen-bond acceptors (Lipinski definition) is 5. The summed E-state index contributed by atoms with van der Waals surface area (Å²) in [5.41, 5.74) is 0.853. The van der Waals surface area contributed by atoms with Crippen LogP contribution >= 0.6 is 0 Å². The molecule has 0 spiro atoms. The Balaban J connectivity index is 1.86. The molecule has 0 saturated carbocycles. The second kappa shape index (κ2) is 6.83. The predicted octanol–water partition coefficient (Wildman–Crippen LogP) is 1.28. The van der Waals surface area contributed by atoms with Crippen molar-refractivity contribution >= 4 is 11.6 Å². The van der Waals surface area contributed by atoms with Gasteiger partial charge in [0.05, 0.1) is 16.7 Å². The maximum atomic E-state index is 11.9. The maximum absolute atomic E-state index is 11.9. The van der Waals surface area contributed by atoms with Gasteiger partial charge in [0.15, 0.2) is 0 Å². The molecule has 0 aromatic carbocycles. The molecular formula is C13H18N6O3. The molecule has 118 valence electrons. The molecule has 2 aromatic rings.